The number of rotatable bonds is 6. The highest BCUT2D eigenvalue weighted by Gasteiger charge is 2.24. The summed E-state index contributed by atoms with van der Waals surface area (Å²) >= 11 is 1.35. The van der Waals surface area contributed by atoms with E-state index in [4.69, 9.17) is 0 Å². The van der Waals surface area contributed by atoms with Crippen molar-refractivity contribution in [3.63, 3.8) is 0 Å². The number of nitro groups is 1. The van der Waals surface area contributed by atoms with Crippen molar-refractivity contribution in [2.45, 2.75) is 13.8 Å². The summed E-state index contributed by atoms with van der Waals surface area (Å²) in [7, 11) is 0. The second kappa shape index (κ2) is 7.70. The van der Waals surface area contributed by atoms with Gasteiger partial charge in [-0.05, 0) is 26.0 Å². The normalized spacial score (nSPS) is 10.3. The van der Waals surface area contributed by atoms with Gasteiger partial charge in [0.15, 0.2) is 5.13 Å². The van der Waals surface area contributed by atoms with Gasteiger partial charge in [-0.1, -0.05) is 0 Å². The van der Waals surface area contributed by atoms with E-state index in [-0.39, 0.29) is 17.2 Å². The predicted octanol–water partition coefficient (Wildman–Crippen LogP) is 2.35. The van der Waals surface area contributed by atoms with Gasteiger partial charge in [0.2, 0.25) is 11.6 Å². The molecule has 3 rings (SSSR count). The van der Waals surface area contributed by atoms with Crippen LogP contribution in [0.25, 0.3) is 0 Å². The maximum atomic E-state index is 12.1. The summed E-state index contributed by atoms with van der Waals surface area (Å²) in [6.07, 6.45) is 4.03. The standard InChI is InChI=1S/C15H14N8O3S/c1-8-9(2)27-15(19-8)20-12-11(23(25)26)13(18-7-17-12)21-22-14(24)10-4-3-5-16-6-10/h3-7H,1-2H3,(H,22,24)(H2,17,18,19,20,21). The number of nitrogens with zero attached hydrogens (tertiary/aromatic N) is 5. The SMILES string of the molecule is Cc1nc(Nc2ncnc(NNC(=O)c3cccnc3)c2[N+](=O)[O-])sc1C. The first-order valence-electron chi connectivity index (χ1n) is 7.62. The Labute approximate surface area is 157 Å². The van der Waals surface area contributed by atoms with Crippen LogP contribution < -0.4 is 16.2 Å². The first-order chi connectivity index (χ1) is 13.0. The van der Waals surface area contributed by atoms with Crippen molar-refractivity contribution in [2.75, 3.05) is 10.7 Å². The summed E-state index contributed by atoms with van der Waals surface area (Å²) in [5, 5.41) is 14.8. The molecule has 0 aliphatic carbocycles. The predicted molar refractivity (Wildman–Crippen MR) is 98.9 cm³/mol. The van der Waals surface area contributed by atoms with Gasteiger partial charge in [0.1, 0.15) is 6.33 Å². The van der Waals surface area contributed by atoms with Crippen molar-refractivity contribution in [1.29, 1.82) is 0 Å². The zero-order valence-corrected chi connectivity index (χ0v) is 15.1. The van der Waals surface area contributed by atoms with Crippen LogP contribution in [0.3, 0.4) is 0 Å². The van der Waals surface area contributed by atoms with E-state index in [9.17, 15) is 14.9 Å². The summed E-state index contributed by atoms with van der Waals surface area (Å²) in [5.41, 5.74) is 5.49. The Morgan fingerprint density at radius 3 is 2.67 bits per heavy atom. The van der Waals surface area contributed by atoms with Gasteiger partial charge < -0.3 is 5.32 Å². The first kappa shape index (κ1) is 18.1. The van der Waals surface area contributed by atoms with Crippen molar-refractivity contribution in [3.05, 3.63) is 57.1 Å². The molecule has 27 heavy (non-hydrogen) atoms. The van der Waals surface area contributed by atoms with E-state index in [2.05, 4.69) is 36.1 Å². The molecule has 3 N–H and O–H groups in total. The zero-order chi connectivity index (χ0) is 19.4. The maximum Gasteiger partial charge on any atom is 0.355 e. The number of pyridine rings is 1. The Bertz CT molecular complexity index is 972. The fourth-order valence-electron chi connectivity index (χ4n) is 2.05. The van der Waals surface area contributed by atoms with Crippen molar-refractivity contribution in [1.82, 2.24) is 25.4 Å². The van der Waals surface area contributed by atoms with E-state index in [0.717, 1.165) is 16.9 Å². The molecule has 0 aliphatic rings. The van der Waals surface area contributed by atoms with E-state index in [1.165, 1.54) is 23.7 Å². The molecule has 0 aromatic carbocycles. The quantitative estimate of drug-likeness (QED) is 0.429. The molecule has 0 unspecified atom stereocenters. The van der Waals surface area contributed by atoms with E-state index < -0.39 is 16.5 Å². The Balaban J connectivity index is 1.83. The second-order valence-corrected chi connectivity index (χ2v) is 6.49. The number of carbonyl (C=O) groups excluding carboxylic acids is 1. The van der Waals surface area contributed by atoms with Gasteiger partial charge >= 0.3 is 5.69 Å². The van der Waals surface area contributed by atoms with Crippen LogP contribution >= 0.6 is 11.3 Å². The minimum Gasteiger partial charge on any atom is -0.310 e. The lowest BCUT2D eigenvalue weighted by molar-refractivity contribution is -0.383. The smallest absolute Gasteiger partial charge is 0.310 e. The molecule has 3 heterocycles. The molecule has 138 valence electrons. The van der Waals surface area contributed by atoms with Crippen LogP contribution in [0.4, 0.5) is 22.5 Å². The van der Waals surface area contributed by atoms with Crippen LogP contribution in [-0.4, -0.2) is 30.8 Å². The van der Waals surface area contributed by atoms with Crippen molar-refractivity contribution >= 4 is 39.7 Å². The minimum atomic E-state index is -0.645. The van der Waals surface area contributed by atoms with Gasteiger partial charge in [-0.3, -0.25) is 30.7 Å². The molecule has 11 nitrogen and oxygen atoms in total. The molecule has 12 heteroatoms. The van der Waals surface area contributed by atoms with Crippen molar-refractivity contribution in [3.8, 4) is 0 Å². The molecule has 0 bridgehead atoms. The third-order valence-electron chi connectivity index (χ3n) is 3.48. The Morgan fingerprint density at radius 2 is 2.04 bits per heavy atom. The third kappa shape index (κ3) is 4.12. The van der Waals surface area contributed by atoms with Crippen molar-refractivity contribution in [2.24, 2.45) is 0 Å². The number of aryl methyl sites for hydroxylation is 2. The van der Waals surface area contributed by atoms with Crippen LogP contribution in [0.1, 0.15) is 20.9 Å². The highest BCUT2D eigenvalue weighted by molar-refractivity contribution is 7.15. The Hall–Kier alpha value is -3.67. The number of thiazole rings is 1. The number of aromatic nitrogens is 4. The molecule has 0 saturated heterocycles. The highest BCUT2D eigenvalue weighted by atomic mass is 32.1. The highest BCUT2D eigenvalue weighted by Crippen LogP contribution is 2.32. The molecule has 3 aromatic heterocycles. The lowest BCUT2D eigenvalue weighted by Crippen LogP contribution is -2.30. The fraction of sp³-hybridized carbons (Fsp3) is 0.133. The third-order valence-corrected chi connectivity index (χ3v) is 4.47. The van der Waals surface area contributed by atoms with E-state index in [1.54, 1.807) is 12.1 Å². The molecule has 0 spiro atoms. The number of hydrogen-bond acceptors (Lipinski definition) is 10. The van der Waals surface area contributed by atoms with E-state index >= 15 is 0 Å². The van der Waals surface area contributed by atoms with Gasteiger partial charge in [-0.25, -0.2) is 15.0 Å². The Kier molecular flexibility index (Phi) is 5.17. The lowest BCUT2D eigenvalue weighted by atomic mass is 10.3. The number of nitrogens with one attached hydrogen (secondary N) is 3. The van der Waals surface area contributed by atoms with Crippen LogP contribution in [-0.2, 0) is 0 Å². The van der Waals surface area contributed by atoms with Crippen molar-refractivity contribution < 1.29 is 9.72 Å². The first-order valence-corrected chi connectivity index (χ1v) is 8.44. The Morgan fingerprint density at radius 1 is 1.26 bits per heavy atom. The molecule has 0 fully saturated rings. The largest absolute Gasteiger partial charge is 0.355 e. The van der Waals surface area contributed by atoms with Gasteiger partial charge in [0, 0.05) is 17.3 Å². The number of amides is 1. The lowest BCUT2D eigenvalue weighted by Gasteiger charge is -2.09. The summed E-state index contributed by atoms with van der Waals surface area (Å²) < 4.78 is 0. The fourth-order valence-corrected chi connectivity index (χ4v) is 2.86. The van der Waals surface area contributed by atoms with Gasteiger partial charge in [0.25, 0.3) is 5.91 Å². The molecule has 1 amide bonds. The number of anilines is 3. The maximum absolute atomic E-state index is 12.1. The molecule has 0 radical (unpaired) electrons. The molecular formula is C15H14N8O3S. The van der Waals surface area contributed by atoms with Crippen LogP contribution in [0.15, 0.2) is 30.9 Å². The molecule has 3 aromatic rings. The monoisotopic (exact) mass is 386 g/mol. The van der Waals surface area contributed by atoms with Gasteiger partial charge in [0.05, 0.1) is 16.2 Å². The number of carbonyl (C=O) groups is 1. The van der Waals surface area contributed by atoms with Crippen LogP contribution in [0.2, 0.25) is 0 Å². The van der Waals surface area contributed by atoms with E-state index in [0.29, 0.717) is 5.13 Å². The second-order valence-electron chi connectivity index (χ2n) is 5.28. The topological polar surface area (TPSA) is 148 Å². The average molecular weight is 386 g/mol. The summed E-state index contributed by atoms with van der Waals surface area (Å²) in [6.45, 7) is 3.74. The summed E-state index contributed by atoms with van der Waals surface area (Å²) in [4.78, 5) is 39.8. The summed E-state index contributed by atoms with van der Waals surface area (Å²) in [6, 6.07) is 3.15. The molecule has 0 aliphatic heterocycles. The molecule has 0 saturated carbocycles. The molecule has 0 atom stereocenters. The zero-order valence-electron chi connectivity index (χ0n) is 14.3. The van der Waals surface area contributed by atoms with Gasteiger partial charge in [-0.15, -0.1) is 11.3 Å². The summed E-state index contributed by atoms with van der Waals surface area (Å²) in [5.74, 6) is -0.724. The van der Waals surface area contributed by atoms with Crippen LogP contribution in [0.5, 0.6) is 0 Å². The van der Waals surface area contributed by atoms with Gasteiger partial charge in [-0.2, -0.15) is 0 Å². The minimum absolute atomic E-state index is 0.0399. The number of hydrazine groups is 1. The molecular weight excluding hydrogens is 372 g/mol. The van der Waals surface area contributed by atoms with E-state index in [1.807, 2.05) is 13.8 Å². The van der Waals surface area contributed by atoms with Crippen LogP contribution in [0, 0.1) is 24.0 Å². The number of hydrogen-bond donors (Lipinski definition) is 3. The average Bonchev–Trinajstić information content (AvgIpc) is 2.97.